The SMILES string of the molecule is CN=C(NCCn1cccn1)NCc1ccco1.I. The third kappa shape index (κ3) is 5.33. The molecule has 0 aliphatic carbocycles. The highest BCUT2D eigenvalue weighted by molar-refractivity contribution is 14.0. The van der Waals surface area contributed by atoms with Crippen LogP contribution in [0.3, 0.4) is 0 Å². The summed E-state index contributed by atoms with van der Waals surface area (Å²) in [5.41, 5.74) is 0. The normalized spacial score (nSPS) is 10.9. The molecule has 6 nitrogen and oxygen atoms in total. The highest BCUT2D eigenvalue weighted by Crippen LogP contribution is 1.97. The molecule has 7 heteroatoms. The first-order chi connectivity index (χ1) is 8.88. The molecular formula is C12H18IN5O. The molecule has 0 aliphatic rings. The highest BCUT2D eigenvalue weighted by atomic mass is 127. The number of nitrogens with one attached hydrogen (secondary N) is 2. The molecule has 0 amide bonds. The van der Waals surface area contributed by atoms with Gasteiger partial charge in [-0.1, -0.05) is 0 Å². The molecule has 0 unspecified atom stereocenters. The first-order valence-electron chi connectivity index (χ1n) is 5.83. The van der Waals surface area contributed by atoms with Crippen molar-refractivity contribution < 1.29 is 4.42 Å². The van der Waals surface area contributed by atoms with Gasteiger partial charge in [0.05, 0.1) is 19.4 Å². The third-order valence-electron chi connectivity index (χ3n) is 2.43. The van der Waals surface area contributed by atoms with Crippen LogP contribution >= 0.6 is 24.0 Å². The van der Waals surface area contributed by atoms with E-state index in [4.69, 9.17) is 4.42 Å². The van der Waals surface area contributed by atoms with Crippen molar-refractivity contribution in [3.8, 4) is 0 Å². The van der Waals surface area contributed by atoms with E-state index in [0.29, 0.717) is 6.54 Å². The molecule has 104 valence electrons. The maximum atomic E-state index is 5.23. The average Bonchev–Trinajstić information content (AvgIpc) is 3.06. The molecule has 0 atom stereocenters. The lowest BCUT2D eigenvalue weighted by atomic mass is 10.4. The van der Waals surface area contributed by atoms with Gasteiger partial charge in [0.2, 0.25) is 0 Å². The topological polar surface area (TPSA) is 67.4 Å². The molecule has 19 heavy (non-hydrogen) atoms. The maximum absolute atomic E-state index is 5.23. The molecule has 0 spiro atoms. The molecule has 0 saturated heterocycles. The highest BCUT2D eigenvalue weighted by Gasteiger charge is 1.99. The van der Waals surface area contributed by atoms with E-state index in [1.807, 2.05) is 29.1 Å². The van der Waals surface area contributed by atoms with E-state index in [1.54, 1.807) is 19.5 Å². The number of halogens is 1. The number of hydrogen-bond acceptors (Lipinski definition) is 3. The van der Waals surface area contributed by atoms with E-state index < -0.39 is 0 Å². The van der Waals surface area contributed by atoms with Crippen LogP contribution in [0, 0.1) is 0 Å². The Morgan fingerprint density at radius 3 is 2.95 bits per heavy atom. The monoisotopic (exact) mass is 375 g/mol. The molecule has 0 fully saturated rings. The third-order valence-corrected chi connectivity index (χ3v) is 2.43. The van der Waals surface area contributed by atoms with Gasteiger partial charge in [-0.3, -0.25) is 9.67 Å². The summed E-state index contributed by atoms with van der Waals surface area (Å²) in [5.74, 6) is 1.63. The Balaban J connectivity index is 0.00000180. The van der Waals surface area contributed by atoms with Crippen LogP contribution in [-0.2, 0) is 13.1 Å². The average molecular weight is 375 g/mol. The largest absolute Gasteiger partial charge is 0.467 e. The summed E-state index contributed by atoms with van der Waals surface area (Å²) >= 11 is 0. The van der Waals surface area contributed by atoms with E-state index in [0.717, 1.165) is 24.8 Å². The molecule has 2 heterocycles. The van der Waals surface area contributed by atoms with Crippen LogP contribution < -0.4 is 10.6 Å². The fourth-order valence-corrected chi connectivity index (χ4v) is 1.53. The van der Waals surface area contributed by atoms with E-state index in [2.05, 4.69) is 20.7 Å². The van der Waals surface area contributed by atoms with Gasteiger partial charge in [-0.15, -0.1) is 24.0 Å². The van der Waals surface area contributed by atoms with E-state index >= 15 is 0 Å². The molecule has 0 aliphatic heterocycles. The minimum atomic E-state index is 0. The van der Waals surface area contributed by atoms with Gasteiger partial charge < -0.3 is 15.1 Å². The zero-order valence-electron chi connectivity index (χ0n) is 10.7. The van der Waals surface area contributed by atoms with Gasteiger partial charge in [0, 0.05) is 26.0 Å². The summed E-state index contributed by atoms with van der Waals surface area (Å²) in [7, 11) is 1.74. The molecule has 2 aromatic heterocycles. The fourth-order valence-electron chi connectivity index (χ4n) is 1.53. The number of aromatic nitrogens is 2. The predicted molar refractivity (Wildman–Crippen MR) is 84.6 cm³/mol. The van der Waals surface area contributed by atoms with Gasteiger partial charge in [-0.2, -0.15) is 5.10 Å². The lowest BCUT2D eigenvalue weighted by molar-refractivity contribution is 0.500. The van der Waals surface area contributed by atoms with E-state index in [9.17, 15) is 0 Å². The number of nitrogens with zero attached hydrogens (tertiary/aromatic N) is 3. The quantitative estimate of drug-likeness (QED) is 0.472. The van der Waals surface area contributed by atoms with E-state index in [1.165, 1.54) is 0 Å². The Labute approximate surface area is 129 Å². The first-order valence-corrected chi connectivity index (χ1v) is 5.83. The van der Waals surface area contributed by atoms with Gasteiger partial charge in [0.25, 0.3) is 0 Å². The molecule has 2 N–H and O–H groups in total. The summed E-state index contributed by atoms with van der Waals surface area (Å²) in [6, 6.07) is 5.69. The molecule has 2 rings (SSSR count). The number of hydrogen-bond donors (Lipinski definition) is 2. The van der Waals surface area contributed by atoms with Crippen LogP contribution in [-0.4, -0.2) is 29.3 Å². The Morgan fingerprint density at radius 2 is 2.32 bits per heavy atom. The summed E-state index contributed by atoms with van der Waals surface area (Å²) < 4.78 is 7.10. The summed E-state index contributed by atoms with van der Waals surface area (Å²) in [5, 5.41) is 10.5. The minimum absolute atomic E-state index is 0. The molecule has 2 aromatic rings. The number of aliphatic imine (C=N–C) groups is 1. The van der Waals surface area contributed by atoms with Crippen LogP contribution in [0.5, 0.6) is 0 Å². The second kappa shape index (κ2) is 8.57. The van der Waals surface area contributed by atoms with Gasteiger partial charge in [0.1, 0.15) is 5.76 Å². The molecule has 0 bridgehead atoms. The summed E-state index contributed by atoms with van der Waals surface area (Å²) in [6.45, 7) is 2.18. The maximum Gasteiger partial charge on any atom is 0.191 e. The van der Waals surface area contributed by atoms with Crippen molar-refractivity contribution in [3.05, 3.63) is 42.6 Å². The van der Waals surface area contributed by atoms with Crippen molar-refractivity contribution in [2.24, 2.45) is 4.99 Å². The number of furan rings is 1. The van der Waals surface area contributed by atoms with Gasteiger partial charge in [-0.25, -0.2) is 0 Å². The van der Waals surface area contributed by atoms with Crippen molar-refractivity contribution in [1.82, 2.24) is 20.4 Å². The Bertz CT molecular complexity index is 466. The van der Waals surface area contributed by atoms with Crippen LogP contribution in [0.2, 0.25) is 0 Å². The Hall–Kier alpha value is -1.51. The Kier molecular flexibility index (Phi) is 7.01. The summed E-state index contributed by atoms with van der Waals surface area (Å²) in [4.78, 5) is 4.13. The standard InChI is InChI=1S/C12H17N5O.HI/c1-13-12(15-10-11-4-2-9-18-11)14-6-8-17-7-3-5-16-17;/h2-5,7,9H,6,8,10H2,1H3,(H2,13,14,15);1H. The van der Waals surface area contributed by atoms with Gasteiger partial charge in [0.15, 0.2) is 5.96 Å². The van der Waals surface area contributed by atoms with Crippen LogP contribution in [0.15, 0.2) is 46.3 Å². The molecule has 0 saturated carbocycles. The van der Waals surface area contributed by atoms with Crippen molar-refractivity contribution in [3.63, 3.8) is 0 Å². The molecule has 0 aromatic carbocycles. The zero-order valence-corrected chi connectivity index (χ0v) is 13.1. The van der Waals surface area contributed by atoms with E-state index in [-0.39, 0.29) is 24.0 Å². The van der Waals surface area contributed by atoms with Gasteiger partial charge >= 0.3 is 0 Å². The van der Waals surface area contributed by atoms with Crippen molar-refractivity contribution in [1.29, 1.82) is 0 Å². The number of rotatable bonds is 5. The predicted octanol–water partition coefficient (Wildman–Crippen LogP) is 1.46. The van der Waals surface area contributed by atoms with Gasteiger partial charge in [-0.05, 0) is 18.2 Å². The second-order valence-corrected chi connectivity index (χ2v) is 3.70. The molecule has 0 radical (unpaired) electrons. The lowest BCUT2D eigenvalue weighted by Crippen LogP contribution is -2.38. The minimum Gasteiger partial charge on any atom is -0.467 e. The second-order valence-electron chi connectivity index (χ2n) is 3.70. The lowest BCUT2D eigenvalue weighted by Gasteiger charge is -2.10. The Morgan fingerprint density at radius 1 is 1.42 bits per heavy atom. The van der Waals surface area contributed by atoms with Crippen molar-refractivity contribution >= 4 is 29.9 Å². The van der Waals surface area contributed by atoms with Crippen molar-refractivity contribution in [2.45, 2.75) is 13.1 Å². The zero-order chi connectivity index (χ0) is 12.6. The summed E-state index contributed by atoms with van der Waals surface area (Å²) in [6.07, 6.45) is 5.36. The van der Waals surface area contributed by atoms with Crippen LogP contribution in [0.4, 0.5) is 0 Å². The fraction of sp³-hybridized carbons (Fsp3) is 0.333. The first kappa shape index (κ1) is 15.5. The van der Waals surface area contributed by atoms with Crippen LogP contribution in [0.1, 0.15) is 5.76 Å². The smallest absolute Gasteiger partial charge is 0.191 e. The molecular weight excluding hydrogens is 357 g/mol. The number of guanidine groups is 1. The van der Waals surface area contributed by atoms with Crippen molar-refractivity contribution in [2.75, 3.05) is 13.6 Å². The van der Waals surface area contributed by atoms with Crippen LogP contribution in [0.25, 0.3) is 0 Å².